The molecule has 0 saturated heterocycles. The summed E-state index contributed by atoms with van der Waals surface area (Å²) in [6, 6.07) is 10.8. The van der Waals surface area contributed by atoms with Gasteiger partial charge < -0.3 is 9.80 Å². The molecule has 4 nitrogen and oxygen atoms in total. The van der Waals surface area contributed by atoms with Crippen molar-refractivity contribution in [3.05, 3.63) is 69.9 Å². The van der Waals surface area contributed by atoms with Gasteiger partial charge in [0.05, 0.1) is 6.04 Å². The van der Waals surface area contributed by atoms with E-state index in [0.717, 1.165) is 18.4 Å². The van der Waals surface area contributed by atoms with E-state index >= 15 is 0 Å². The van der Waals surface area contributed by atoms with Crippen molar-refractivity contribution in [3.8, 4) is 0 Å². The van der Waals surface area contributed by atoms with E-state index in [-0.39, 0.29) is 29.8 Å². The van der Waals surface area contributed by atoms with Crippen LogP contribution in [-0.4, -0.2) is 41.2 Å². The maximum Gasteiger partial charge on any atom is 0.243 e. The minimum absolute atomic E-state index is 0.0165. The van der Waals surface area contributed by atoms with Gasteiger partial charge in [0, 0.05) is 24.4 Å². The zero-order valence-corrected chi connectivity index (χ0v) is 22.4. The third-order valence-electron chi connectivity index (χ3n) is 7.65. The van der Waals surface area contributed by atoms with Crippen molar-refractivity contribution in [1.29, 1.82) is 0 Å². The number of fused-ring (bicyclic) bond motifs is 1. The molecule has 0 bridgehead atoms. The fourth-order valence-electron chi connectivity index (χ4n) is 5.56. The van der Waals surface area contributed by atoms with E-state index in [0.29, 0.717) is 25.4 Å². The molecule has 0 N–H and O–H groups in total. The monoisotopic (exact) mass is 492 g/mol. The Morgan fingerprint density at radius 3 is 2.51 bits per heavy atom. The van der Waals surface area contributed by atoms with E-state index in [2.05, 4.69) is 63.1 Å². The van der Waals surface area contributed by atoms with E-state index in [1.807, 2.05) is 4.90 Å². The fourth-order valence-corrected chi connectivity index (χ4v) is 6.46. The second-order valence-corrected chi connectivity index (χ2v) is 12.2. The average Bonchev–Trinajstić information content (AvgIpc) is 3.53. The van der Waals surface area contributed by atoms with Crippen LogP contribution in [0.1, 0.15) is 86.9 Å². The number of carbonyl (C=O) groups excluding carboxylic acids is 2. The Kier molecular flexibility index (Phi) is 8.16. The van der Waals surface area contributed by atoms with Gasteiger partial charge in [-0.3, -0.25) is 9.59 Å². The highest BCUT2D eigenvalue weighted by Gasteiger charge is 2.34. The zero-order chi connectivity index (χ0) is 25.0. The lowest BCUT2D eigenvalue weighted by atomic mass is 9.85. The Hall–Kier alpha value is -2.40. The van der Waals surface area contributed by atoms with Crippen LogP contribution in [0.4, 0.5) is 0 Å². The third-order valence-corrected chi connectivity index (χ3v) is 8.64. The number of carbonyl (C=O) groups is 2. The molecule has 35 heavy (non-hydrogen) atoms. The average molecular weight is 493 g/mol. The molecule has 2 aromatic rings. The molecular weight excluding hydrogens is 452 g/mol. The van der Waals surface area contributed by atoms with Crippen molar-refractivity contribution >= 4 is 23.2 Å². The first-order chi connectivity index (χ1) is 16.8. The van der Waals surface area contributed by atoms with E-state index in [1.165, 1.54) is 41.7 Å². The molecule has 4 rings (SSSR count). The molecule has 2 amide bonds. The van der Waals surface area contributed by atoms with Gasteiger partial charge in [0.25, 0.3) is 0 Å². The lowest BCUT2D eigenvalue weighted by Gasteiger charge is -2.37. The first-order valence-corrected chi connectivity index (χ1v) is 14.0. The molecule has 0 spiro atoms. The summed E-state index contributed by atoms with van der Waals surface area (Å²) in [6.45, 7) is 11.7. The van der Waals surface area contributed by atoms with Crippen molar-refractivity contribution in [2.75, 3.05) is 19.6 Å². The Morgan fingerprint density at radius 2 is 1.86 bits per heavy atom. The number of hydrogen-bond donors (Lipinski definition) is 0. The SMILES string of the molecule is C=CCN(CC(=O)N1CCc2sccc2C1c1ccc(C(C)(C)C)cc1)C(=O)CCC1CCCC1. The molecule has 2 aliphatic rings. The van der Waals surface area contributed by atoms with Gasteiger partial charge in [-0.1, -0.05) is 76.8 Å². The smallest absolute Gasteiger partial charge is 0.243 e. The third kappa shape index (κ3) is 6.06. The highest BCUT2D eigenvalue weighted by atomic mass is 32.1. The number of hydrogen-bond acceptors (Lipinski definition) is 3. The van der Waals surface area contributed by atoms with Crippen LogP contribution in [0, 0.1) is 5.92 Å². The molecule has 188 valence electrons. The van der Waals surface area contributed by atoms with Crippen LogP contribution < -0.4 is 0 Å². The summed E-state index contributed by atoms with van der Waals surface area (Å²) in [5.74, 6) is 0.757. The molecule has 1 aromatic carbocycles. The maximum atomic E-state index is 13.7. The lowest BCUT2D eigenvalue weighted by Crippen LogP contribution is -2.46. The molecule has 1 aliphatic heterocycles. The van der Waals surface area contributed by atoms with Gasteiger partial charge in [0.2, 0.25) is 11.8 Å². The van der Waals surface area contributed by atoms with Gasteiger partial charge in [0.15, 0.2) is 0 Å². The van der Waals surface area contributed by atoms with Crippen LogP contribution in [0.15, 0.2) is 48.4 Å². The Morgan fingerprint density at radius 1 is 1.14 bits per heavy atom. The minimum Gasteiger partial charge on any atom is -0.330 e. The van der Waals surface area contributed by atoms with Gasteiger partial charge in [0.1, 0.15) is 6.54 Å². The van der Waals surface area contributed by atoms with Crippen LogP contribution in [0.3, 0.4) is 0 Å². The lowest BCUT2D eigenvalue weighted by molar-refractivity contribution is -0.141. The Balaban J connectivity index is 1.52. The highest BCUT2D eigenvalue weighted by Crippen LogP contribution is 2.38. The van der Waals surface area contributed by atoms with Crippen LogP contribution in [0.2, 0.25) is 0 Å². The van der Waals surface area contributed by atoms with Gasteiger partial charge in [-0.15, -0.1) is 17.9 Å². The topological polar surface area (TPSA) is 40.6 Å². The number of rotatable bonds is 8. The summed E-state index contributed by atoms with van der Waals surface area (Å²) < 4.78 is 0. The van der Waals surface area contributed by atoms with Gasteiger partial charge >= 0.3 is 0 Å². The molecule has 1 aromatic heterocycles. The van der Waals surface area contributed by atoms with Crippen molar-refractivity contribution in [1.82, 2.24) is 9.80 Å². The zero-order valence-electron chi connectivity index (χ0n) is 21.6. The van der Waals surface area contributed by atoms with E-state index in [4.69, 9.17) is 0 Å². The number of amides is 2. The molecule has 2 heterocycles. The van der Waals surface area contributed by atoms with Crippen LogP contribution in [0.25, 0.3) is 0 Å². The second kappa shape index (κ2) is 11.1. The van der Waals surface area contributed by atoms with Crippen molar-refractivity contribution in [3.63, 3.8) is 0 Å². The first-order valence-electron chi connectivity index (χ1n) is 13.1. The molecule has 1 unspecified atom stereocenters. The summed E-state index contributed by atoms with van der Waals surface area (Å²) in [6.07, 6.45) is 9.10. The normalized spacial score (nSPS) is 18.4. The molecule has 1 aliphatic carbocycles. The molecular formula is C30H40N2O2S. The molecule has 1 fully saturated rings. The summed E-state index contributed by atoms with van der Waals surface area (Å²) in [4.78, 5) is 31.8. The van der Waals surface area contributed by atoms with Crippen LogP contribution >= 0.6 is 11.3 Å². The molecule has 5 heteroatoms. The summed E-state index contributed by atoms with van der Waals surface area (Å²) >= 11 is 1.77. The predicted octanol–water partition coefficient (Wildman–Crippen LogP) is 6.50. The number of benzene rings is 1. The van der Waals surface area contributed by atoms with Crippen LogP contribution in [0.5, 0.6) is 0 Å². The molecule has 0 radical (unpaired) electrons. The van der Waals surface area contributed by atoms with Gasteiger partial charge in [-0.05, 0) is 52.3 Å². The number of nitrogens with zero attached hydrogens (tertiary/aromatic N) is 2. The van der Waals surface area contributed by atoms with E-state index in [1.54, 1.807) is 22.3 Å². The molecule has 1 atom stereocenters. The van der Waals surface area contributed by atoms with Gasteiger partial charge in [-0.2, -0.15) is 0 Å². The predicted molar refractivity (Wildman–Crippen MR) is 145 cm³/mol. The summed E-state index contributed by atoms with van der Waals surface area (Å²) in [5.41, 5.74) is 3.72. The van der Waals surface area contributed by atoms with Crippen molar-refractivity contribution in [2.45, 2.75) is 77.2 Å². The maximum absolute atomic E-state index is 13.7. The quantitative estimate of drug-likeness (QED) is 0.394. The summed E-state index contributed by atoms with van der Waals surface area (Å²) in [5, 5.41) is 2.13. The fraction of sp³-hybridized carbons (Fsp3) is 0.533. The van der Waals surface area contributed by atoms with Crippen molar-refractivity contribution < 1.29 is 9.59 Å². The number of thiophene rings is 1. The van der Waals surface area contributed by atoms with Crippen molar-refractivity contribution in [2.24, 2.45) is 5.92 Å². The van der Waals surface area contributed by atoms with E-state index < -0.39 is 0 Å². The second-order valence-electron chi connectivity index (χ2n) is 11.2. The van der Waals surface area contributed by atoms with Crippen LogP contribution in [-0.2, 0) is 21.4 Å². The first kappa shape index (κ1) is 25.7. The largest absolute Gasteiger partial charge is 0.330 e. The Bertz CT molecular complexity index is 1030. The highest BCUT2D eigenvalue weighted by molar-refractivity contribution is 7.10. The Labute approximate surface area is 215 Å². The summed E-state index contributed by atoms with van der Waals surface area (Å²) in [7, 11) is 0. The van der Waals surface area contributed by atoms with Gasteiger partial charge in [-0.25, -0.2) is 0 Å². The standard InChI is InChI=1S/C30H40N2O2S/c1-5-18-31(27(33)15-10-22-8-6-7-9-22)21-28(34)32-19-16-26-25(17-20-35-26)29(32)23-11-13-24(14-12-23)30(2,3)4/h5,11-14,17,20,22,29H,1,6-10,15-16,18-19,21H2,2-4H3. The minimum atomic E-state index is -0.106. The van der Waals surface area contributed by atoms with E-state index in [9.17, 15) is 9.59 Å². The molecule has 1 saturated carbocycles.